The highest BCUT2D eigenvalue weighted by Crippen LogP contribution is 2.27. The van der Waals surface area contributed by atoms with Crippen molar-refractivity contribution >= 4 is 28.0 Å². The van der Waals surface area contributed by atoms with Gasteiger partial charge in [-0.05, 0) is 62.2 Å². The fraction of sp³-hybridized carbons (Fsp3) is 0.182. The lowest BCUT2D eigenvalue weighted by molar-refractivity contribution is 0.252. The van der Waals surface area contributed by atoms with Crippen molar-refractivity contribution in [1.29, 1.82) is 0 Å². The fourth-order valence-electron chi connectivity index (χ4n) is 3.13. The van der Waals surface area contributed by atoms with Crippen LogP contribution in [-0.2, 0) is 6.54 Å². The molecule has 0 aliphatic heterocycles. The number of hydrogen-bond donors (Lipinski definition) is 2. The predicted molar refractivity (Wildman–Crippen MR) is 115 cm³/mol. The fourth-order valence-corrected chi connectivity index (χ4v) is 4.17. The zero-order valence-corrected chi connectivity index (χ0v) is 17.2. The zero-order chi connectivity index (χ0) is 20.5. The Morgan fingerprint density at radius 1 is 1.14 bits per heavy atom. The molecule has 0 aliphatic carbocycles. The van der Waals surface area contributed by atoms with Crippen LogP contribution >= 0.6 is 11.3 Å². The Labute approximate surface area is 172 Å². The van der Waals surface area contributed by atoms with Gasteiger partial charge in [-0.1, -0.05) is 23.5 Å². The average Bonchev–Trinajstić information content (AvgIpc) is 3.24. The van der Waals surface area contributed by atoms with Crippen LogP contribution in [0.2, 0.25) is 0 Å². The monoisotopic (exact) mass is 408 g/mol. The third-order valence-corrected chi connectivity index (χ3v) is 6.21. The van der Waals surface area contributed by atoms with Gasteiger partial charge in [0.05, 0.1) is 12.2 Å². The minimum Gasteiger partial charge on any atom is -0.333 e. The van der Waals surface area contributed by atoms with Crippen molar-refractivity contribution in [3.8, 4) is 11.3 Å². The molecule has 4 rings (SSSR count). The molecule has 5 nitrogen and oxygen atoms in total. The Kier molecular flexibility index (Phi) is 5.07. The molecule has 7 heteroatoms. The molecule has 2 heterocycles. The molecule has 0 saturated heterocycles. The van der Waals surface area contributed by atoms with Crippen molar-refractivity contribution in [2.24, 2.45) is 0 Å². The lowest BCUT2D eigenvalue weighted by Crippen LogP contribution is -2.28. The molecule has 0 spiro atoms. The van der Waals surface area contributed by atoms with Gasteiger partial charge in [0.25, 0.3) is 0 Å². The Hall–Kier alpha value is -3.19. The van der Waals surface area contributed by atoms with E-state index in [9.17, 15) is 9.18 Å². The van der Waals surface area contributed by atoms with Gasteiger partial charge in [-0.15, -0.1) is 0 Å². The Balaban J connectivity index is 1.46. The van der Waals surface area contributed by atoms with Crippen molar-refractivity contribution in [3.63, 3.8) is 0 Å². The van der Waals surface area contributed by atoms with E-state index in [-0.39, 0.29) is 11.8 Å². The van der Waals surface area contributed by atoms with Crippen molar-refractivity contribution in [2.45, 2.75) is 27.3 Å². The van der Waals surface area contributed by atoms with Crippen LogP contribution in [0.4, 0.5) is 14.9 Å². The summed E-state index contributed by atoms with van der Waals surface area (Å²) >= 11 is 1.53. The van der Waals surface area contributed by atoms with Crippen LogP contribution in [0, 0.1) is 26.6 Å². The van der Waals surface area contributed by atoms with Gasteiger partial charge in [-0.25, -0.2) is 14.2 Å². The zero-order valence-electron chi connectivity index (χ0n) is 16.4. The number of aromatic nitrogens is 2. The molecule has 0 radical (unpaired) electrons. The van der Waals surface area contributed by atoms with Gasteiger partial charge < -0.3 is 10.6 Å². The second-order valence-electron chi connectivity index (χ2n) is 6.95. The highest BCUT2D eigenvalue weighted by Gasteiger charge is 2.14. The predicted octanol–water partition coefficient (Wildman–Crippen LogP) is 5.45. The van der Waals surface area contributed by atoms with Gasteiger partial charge in [0.2, 0.25) is 0 Å². The highest BCUT2D eigenvalue weighted by atomic mass is 32.1. The van der Waals surface area contributed by atoms with E-state index in [1.165, 1.54) is 23.5 Å². The Morgan fingerprint density at radius 2 is 1.90 bits per heavy atom. The number of urea groups is 1. The number of fused-ring (bicyclic) bond motifs is 1. The molecule has 0 bridgehead atoms. The molecular formula is C22H21FN4OS. The molecule has 148 valence electrons. The number of halogens is 1. The maximum absolute atomic E-state index is 13.1. The summed E-state index contributed by atoms with van der Waals surface area (Å²) in [7, 11) is 0. The molecule has 2 N–H and O–H groups in total. The summed E-state index contributed by atoms with van der Waals surface area (Å²) in [6.45, 7) is 6.42. The number of nitrogens with one attached hydrogen (secondary N) is 2. The summed E-state index contributed by atoms with van der Waals surface area (Å²) in [5.41, 5.74) is 5.69. The van der Waals surface area contributed by atoms with Gasteiger partial charge in [0, 0.05) is 28.0 Å². The number of thiazole rings is 1. The van der Waals surface area contributed by atoms with E-state index in [4.69, 9.17) is 0 Å². The number of carbonyl (C=O) groups excluding carboxylic acids is 1. The summed E-state index contributed by atoms with van der Waals surface area (Å²) in [4.78, 5) is 18.8. The highest BCUT2D eigenvalue weighted by molar-refractivity contribution is 7.17. The number of benzene rings is 2. The summed E-state index contributed by atoms with van der Waals surface area (Å²) in [5.74, 6) is -0.265. The first-order valence-corrected chi connectivity index (χ1v) is 10.1. The first-order chi connectivity index (χ1) is 13.9. The van der Waals surface area contributed by atoms with Crippen LogP contribution in [0.3, 0.4) is 0 Å². The molecule has 29 heavy (non-hydrogen) atoms. The maximum Gasteiger partial charge on any atom is 0.319 e. The molecular weight excluding hydrogens is 387 g/mol. The van der Waals surface area contributed by atoms with Gasteiger partial charge in [-0.3, -0.25) is 4.40 Å². The normalized spacial score (nSPS) is 11.0. The number of nitrogens with zero attached hydrogens (tertiary/aromatic N) is 2. The second-order valence-corrected chi connectivity index (χ2v) is 8.01. The van der Waals surface area contributed by atoms with Gasteiger partial charge >= 0.3 is 6.03 Å². The smallest absolute Gasteiger partial charge is 0.319 e. The Morgan fingerprint density at radius 3 is 2.62 bits per heavy atom. The lowest BCUT2D eigenvalue weighted by Gasteiger charge is -2.11. The topological polar surface area (TPSA) is 58.4 Å². The van der Waals surface area contributed by atoms with Crippen LogP contribution in [0.5, 0.6) is 0 Å². The number of carbonyl (C=O) groups is 1. The molecule has 0 aliphatic rings. The molecule has 0 saturated carbocycles. The minimum atomic E-state index is -0.265. The van der Waals surface area contributed by atoms with E-state index >= 15 is 0 Å². The van der Waals surface area contributed by atoms with Crippen LogP contribution in [0.1, 0.15) is 21.7 Å². The minimum absolute atomic E-state index is 0.240. The Bertz CT molecular complexity index is 1190. The van der Waals surface area contributed by atoms with E-state index in [2.05, 4.69) is 15.6 Å². The molecule has 2 aromatic carbocycles. The summed E-state index contributed by atoms with van der Waals surface area (Å²) < 4.78 is 15.1. The largest absolute Gasteiger partial charge is 0.333 e. The number of aryl methyl sites for hydroxylation is 2. The van der Waals surface area contributed by atoms with Crippen molar-refractivity contribution in [1.82, 2.24) is 14.7 Å². The van der Waals surface area contributed by atoms with E-state index < -0.39 is 0 Å². The second kappa shape index (κ2) is 7.67. The van der Waals surface area contributed by atoms with Gasteiger partial charge in [-0.2, -0.15) is 0 Å². The summed E-state index contributed by atoms with van der Waals surface area (Å²) in [5, 5.41) is 5.82. The number of anilines is 1. The maximum atomic E-state index is 13.1. The van der Waals surface area contributed by atoms with Crippen molar-refractivity contribution in [2.75, 3.05) is 5.32 Å². The van der Waals surface area contributed by atoms with Gasteiger partial charge in [0.1, 0.15) is 5.82 Å². The molecule has 0 unspecified atom stereocenters. The van der Waals surface area contributed by atoms with Crippen molar-refractivity contribution < 1.29 is 9.18 Å². The first kappa shape index (κ1) is 19.1. The number of hydrogen-bond acceptors (Lipinski definition) is 3. The third-order valence-electron chi connectivity index (χ3n) is 5.06. The molecule has 0 atom stereocenters. The van der Waals surface area contributed by atoms with E-state index in [1.807, 2.05) is 49.6 Å². The summed E-state index contributed by atoms with van der Waals surface area (Å²) in [6.07, 6.45) is 1.94. The molecule has 0 fully saturated rings. The van der Waals surface area contributed by atoms with E-state index in [0.717, 1.165) is 43.6 Å². The number of rotatable bonds is 4. The van der Waals surface area contributed by atoms with E-state index in [1.54, 1.807) is 12.1 Å². The third kappa shape index (κ3) is 3.86. The summed E-state index contributed by atoms with van der Waals surface area (Å²) in [6, 6.07) is 11.9. The van der Waals surface area contributed by atoms with Gasteiger partial charge in [0.15, 0.2) is 4.96 Å². The quantitative estimate of drug-likeness (QED) is 0.472. The standard InChI is InChI=1S/C22H21FN4OS/c1-13-5-4-6-18(14(13)2)25-21(28)24-11-20-15(3)27-12-19(26-22(27)29-20)16-7-9-17(23)10-8-16/h4-10,12H,11H2,1-3H3,(H2,24,25,28). The van der Waals surface area contributed by atoms with Crippen LogP contribution in [0.15, 0.2) is 48.7 Å². The lowest BCUT2D eigenvalue weighted by atomic mass is 10.1. The number of amides is 2. The molecule has 2 amide bonds. The van der Waals surface area contributed by atoms with Crippen molar-refractivity contribution in [3.05, 3.63) is 76.2 Å². The average molecular weight is 409 g/mol. The molecule has 2 aromatic heterocycles. The molecule has 4 aromatic rings. The van der Waals surface area contributed by atoms with Crippen LogP contribution in [0.25, 0.3) is 16.2 Å². The number of imidazole rings is 1. The first-order valence-electron chi connectivity index (χ1n) is 9.27. The SMILES string of the molecule is Cc1cccc(NC(=O)NCc2sc3nc(-c4ccc(F)cc4)cn3c2C)c1C. The van der Waals surface area contributed by atoms with Crippen LogP contribution < -0.4 is 10.6 Å². The van der Waals surface area contributed by atoms with E-state index in [0.29, 0.717) is 6.54 Å². The van der Waals surface area contributed by atoms with Crippen LogP contribution in [-0.4, -0.2) is 15.4 Å².